The van der Waals surface area contributed by atoms with Crippen LogP contribution in [-0.2, 0) is 6.42 Å². The second kappa shape index (κ2) is 9.55. The molecule has 0 saturated carbocycles. The van der Waals surface area contributed by atoms with Crippen LogP contribution in [0, 0.1) is 0 Å². The Labute approximate surface area is 165 Å². The standard InChI is InChI=1S/C23H25N3O2/c1-17(2)28-22-11-7-6-10-20(22)26-23(27)21-13-12-19(16-25-21)24-15-14-18-8-4-3-5-9-18/h3-13,16-17,24H,14-15H2,1-2H3,(H,26,27). The van der Waals surface area contributed by atoms with E-state index in [1.807, 2.05) is 62.4 Å². The van der Waals surface area contributed by atoms with Crippen LogP contribution in [0.5, 0.6) is 5.75 Å². The SMILES string of the molecule is CC(C)Oc1ccccc1NC(=O)c1ccc(NCCc2ccccc2)cn1. The molecule has 5 nitrogen and oxygen atoms in total. The van der Waals surface area contributed by atoms with E-state index in [9.17, 15) is 4.79 Å². The molecule has 0 unspecified atom stereocenters. The first-order valence-corrected chi connectivity index (χ1v) is 9.42. The highest BCUT2D eigenvalue weighted by Crippen LogP contribution is 2.25. The van der Waals surface area contributed by atoms with Crippen LogP contribution in [0.4, 0.5) is 11.4 Å². The van der Waals surface area contributed by atoms with Gasteiger partial charge in [0.15, 0.2) is 0 Å². The Morgan fingerprint density at radius 3 is 2.46 bits per heavy atom. The summed E-state index contributed by atoms with van der Waals surface area (Å²) in [6, 6.07) is 21.3. The van der Waals surface area contributed by atoms with Crippen molar-refractivity contribution in [2.45, 2.75) is 26.4 Å². The smallest absolute Gasteiger partial charge is 0.274 e. The van der Waals surface area contributed by atoms with Gasteiger partial charge in [-0.1, -0.05) is 42.5 Å². The van der Waals surface area contributed by atoms with Gasteiger partial charge in [-0.05, 0) is 50.1 Å². The molecule has 0 aliphatic carbocycles. The normalized spacial score (nSPS) is 10.5. The maximum atomic E-state index is 12.5. The first-order valence-electron chi connectivity index (χ1n) is 9.42. The number of benzene rings is 2. The van der Waals surface area contributed by atoms with Gasteiger partial charge in [-0.15, -0.1) is 0 Å². The van der Waals surface area contributed by atoms with Crippen molar-refractivity contribution in [1.29, 1.82) is 0 Å². The van der Waals surface area contributed by atoms with Crippen molar-refractivity contribution in [1.82, 2.24) is 4.98 Å². The molecule has 1 amide bonds. The van der Waals surface area contributed by atoms with Gasteiger partial charge in [0.05, 0.1) is 23.7 Å². The van der Waals surface area contributed by atoms with Gasteiger partial charge in [-0.3, -0.25) is 4.79 Å². The average Bonchev–Trinajstić information content (AvgIpc) is 2.70. The lowest BCUT2D eigenvalue weighted by Gasteiger charge is -2.14. The van der Waals surface area contributed by atoms with E-state index in [1.165, 1.54) is 5.56 Å². The number of anilines is 2. The third-order valence-corrected chi connectivity index (χ3v) is 4.08. The summed E-state index contributed by atoms with van der Waals surface area (Å²) in [5.41, 5.74) is 3.15. The number of ether oxygens (including phenoxy) is 1. The number of amides is 1. The van der Waals surface area contributed by atoms with Crippen LogP contribution in [0.2, 0.25) is 0 Å². The van der Waals surface area contributed by atoms with E-state index < -0.39 is 0 Å². The molecule has 0 spiro atoms. The molecular weight excluding hydrogens is 350 g/mol. The van der Waals surface area contributed by atoms with Crippen LogP contribution in [0.1, 0.15) is 29.9 Å². The largest absolute Gasteiger partial charge is 0.489 e. The van der Waals surface area contributed by atoms with Crippen molar-refractivity contribution in [2.24, 2.45) is 0 Å². The lowest BCUT2D eigenvalue weighted by atomic mass is 10.1. The molecule has 1 heterocycles. The zero-order valence-electron chi connectivity index (χ0n) is 16.2. The van der Waals surface area contributed by atoms with Gasteiger partial charge in [0, 0.05) is 6.54 Å². The van der Waals surface area contributed by atoms with E-state index in [0.717, 1.165) is 18.7 Å². The summed E-state index contributed by atoms with van der Waals surface area (Å²) in [6.45, 7) is 4.70. The second-order valence-corrected chi connectivity index (χ2v) is 6.71. The number of hydrogen-bond acceptors (Lipinski definition) is 4. The van der Waals surface area contributed by atoms with Gasteiger partial charge in [0.2, 0.25) is 0 Å². The molecule has 1 aromatic heterocycles. The van der Waals surface area contributed by atoms with Gasteiger partial charge in [0.1, 0.15) is 11.4 Å². The summed E-state index contributed by atoms with van der Waals surface area (Å²) in [6.07, 6.45) is 2.63. The van der Waals surface area contributed by atoms with Crippen LogP contribution in [0.25, 0.3) is 0 Å². The van der Waals surface area contributed by atoms with E-state index in [1.54, 1.807) is 12.3 Å². The predicted molar refractivity (Wildman–Crippen MR) is 113 cm³/mol. The van der Waals surface area contributed by atoms with Gasteiger partial charge >= 0.3 is 0 Å². The summed E-state index contributed by atoms with van der Waals surface area (Å²) in [5, 5.41) is 6.19. The Morgan fingerprint density at radius 2 is 1.75 bits per heavy atom. The Hall–Kier alpha value is -3.34. The number of aromatic nitrogens is 1. The zero-order valence-corrected chi connectivity index (χ0v) is 16.2. The van der Waals surface area contributed by atoms with E-state index >= 15 is 0 Å². The van der Waals surface area contributed by atoms with Crippen molar-refractivity contribution >= 4 is 17.3 Å². The summed E-state index contributed by atoms with van der Waals surface area (Å²) in [7, 11) is 0. The molecule has 3 rings (SSSR count). The van der Waals surface area contributed by atoms with Crippen molar-refractivity contribution in [3.63, 3.8) is 0 Å². The van der Waals surface area contributed by atoms with Gasteiger partial charge in [-0.25, -0.2) is 4.98 Å². The number of carbonyl (C=O) groups excluding carboxylic acids is 1. The van der Waals surface area contributed by atoms with Crippen LogP contribution in [0.15, 0.2) is 72.9 Å². The summed E-state index contributed by atoms with van der Waals surface area (Å²) >= 11 is 0. The van der Waals surface area contributed by atoms with Crippen molar-refractivity contribution in [2.75, 3.05) is 17.2 Å². The first kappa shape index (κ1) is 19.4. The van der Waals surface area contributed by atoms with E-state index in [-0.39, 0.29) is 12.0 Å². The Balaban J connectivity index is 1.57. The summed E-state index contributed by atoms with van der Waals surface area (Å²) < 4.78 is 5.74. The van der Waals surface area contributed by atoms with Crippen LogP contribution >= 0.6 is 0 Å². The zero-order chi connectivity index (χ0) is 19.8. The number of rotatable bonds is 8. The van der Waals surface area contributed by atoms with E-state index in [0.29, 0.717) is 17.1 Å². The number of nitrogens with zero attached hydrogens (tertiary/aromatic N) is 1. The highest BCUT2D eigenvalue weighted by atomic mass is 16.5. The lowest BCUT2D eigenvalue weighted by molar-refractivity contribution is 0.102. The minimum atomic E-state index is -0.268. The lowest BCUT2D eigenvalue weighted by Crippen LogP contribution is -2.16. The Kier molecular flexibility index (Phi) is 6.63. The molecular formula is C23H25N3O2. The number of pyridine rings is 1. The summed E-state index contributed by atoms with van der Waals surface area (Å²) in [5.74, 6) is 0.376. The van der Waals surface area contributed by atoms with Crippen molar-refractivity contribution in [3.8, 4) is 5.75 Å². The molecule has 0 bridgehead atoms. The molecule has 0 saturated heterocycles. The molecule has 3 aromatic rings. The molecule has 0 radical (unpaired) electrons. The second-order valence-electron chi connectivity index (χ2n) is 6.71. The van der Waals surface area contributed by atoms with Gasteiger partial charge in [0.25, 0.3) is 5.91 Å². The minimum Gasteiger partial charge on any atom is -0.489 e. The highest BCUT2D eigenvalue weighted by Gasteiger charge is 2.11. The van der Waals surface area contributed by atoms with E-state index in [2.05, 4.69) is 27.8 Å². The maximum Gasteiger partial charge on any atom is 0.274 e. The maximum absolute atomic E-state index is 12.5. The van der Waals surface area contributed by atoms with Crippen LogP contribution in [-0.4, -0.2) is 23.5 Å². The molecule has 144 valence electrons. The first-order chi connectivity index (χ1) is 13.6. The molecule has 0 aliphatic heterocycles. The molecule has 0 fully saturated rings. The van der Waals surface area contributed by atoms with Crippen molar-refractivity contribution < 1.29 is 9.53 Å². The number of carbonyl (C=O) groups is 1. The molecule has 0 atom stereocenters. The van der Waals surface area contributed by atoms with Crippen LogP contribution < -0.4 is 15.4 Å². The molecule has 28 heavy (non-hydrogen) atoms. The molecule has 0 aliphatic rings. The number of nitrogens with one attached hydrogen (secondary N) is 2. The third kappa shape index (κ3) is 5.58. The van der Waals surface area contributed by atoms with Gasteiger partial charge < -0.3 is 15.4 Å². The van der Waals surface area contributed by atoms with Crippen LogP contribution in [0.3, 0.4) is 0 Å². The Bertz CT molecular complexity index is 893. The average molecular weight is 375 g/mol. The fraction of sp³-hybridized carbons (Fsp3) is 0.217. The fourth-order valence-electron chi connectivity index (χ4n) is 2.74. The molecule has 2 N–H and O–H groups in total. The minimum absolute atomic E-state index is 0.0254. The Morgan fingerprint density at radius 1 is 1.00 bits per heavy atom. The quantitative estimate of drug-likeness (QED) is 0.595. The fourth-order valence-corrected chi connectivity index (χ4v) is 2.74. The van der Waals surface area contributed by atoms with Gasteiger partial charge in [-0.2, -0.15) is 0 Å². The highest BCUT2D eigenvalue weighted by molar-refractivity contribution is 6.03. The molecule has 5 heteroatoms. The summed E-state index contributed by atoms with van der Waals surface area (Å²) in [4.78, 5) is 16.8. The monoisotopic (exact) mass is 375 g/mol. The topological polar surface area (TPSA) is 63.2 Å². The van der Waals surface area contributed by atoms with E-state index in [4.69, 9.17) is 4.74 Å². The number of para-hydroxylation sites is 2. The van der Waals surface area contributed by atoms with Crippen molar-refractivity contribution in [3.05, 3.63) is 84.2 Å². The number of hydrogen-bond donors (Lipinski definition) is 2. The third-order valence-electron chi connectivity index (χ3n) is 4.08. The molecule has 2 aromatic carbocycles. The predicted octanol–water partition coefficient (Wildman–Crippen LogP) is 4.78.